The molecule has 1 aliphatic carbocycles. The van der Waals surface area contributed by atoms with Crippen molar-refractivity contribution in [3.63, 3.8) is 0 Å². The number of nitrogens with one attached hydrogen (secondary N) is 1. The molecule has 2 aromatic rings. The first-order valence-electron chi connectivity index (χ1n) is 8.19. The van der Waals surface area contributed by atoms with Crippen LogP contribution in [0.15, 0.2) is 24.3 Å². The van der Waals surface area contributed by atoms with Gasteiger partial charge in [0.1, 0.15) is 0 Å². The minimum absolute atomic E-state index is 0.0774. The number of esters is 1. The van der Waals surface area contributed by atoms with Crippen LogP contribution in [0, 0.1) is 6.92 Å². The fourth-order valence-electron chi connectivity index (χ4n) is 2.82. The van der Waals surface area contributed by atoms with Gasteiger partial charge in [-0.3, -0.25) is 4.79 Å². The lowest BCUT2D eigenvalue weighted by atomic mass is 10.2. The second kappa shape index (κ2) is 7.65. The van der Waals surface area contributed by atoms with Crippen molar-refractivity contribution >= 4 is 23.5 Å². The molecule has 132 valence electrons. The van der Waals surface area contributed by atoms with E-state index in [9.17, 15) is 9.59 Å². The molecule has 0 bridgehead atoms. The maximum atomic E-state index is 12.2. The number of aryl methyl sites for hydroxylation is 1. The topological polar surface area (TPSA) is 86.1 Å². The van der Waals surface area contributed by atoms with Gasteiger partial charge in [0.25, 0.3) is 5.91 Å². The van der Waals surface area contributed by atoms with E-state index in [1.54, 1.807) is 31.2 Å². The number of rotatable bonds is 5. The molecule has 1 aromatic heterocycles. The van der Waals surface area contributed by atoms with Crippen LogP contribution >= 0.6 is 11.6 Å². The monoisotopic (exact) mass is 362 g/mol. The van der Waals surface area contributed by atoms with Crippen molar-refractivity contribution in [2.45, 2.75) is 38.6 Å². The summed E-state index contributed by atoms with van der Waals surface area (Å²) in [5.41, 5.74) is 1.13. The quantitative estimate of drug-likeness (QED) is 0.825. The number of ether oxygens (including phenoxy) is 1. The van der Waals surface area contributed by atoms with Crippen LogP contribution in [0.2, 0.25) is 5.02 Å². The van der Waals surface area contributed by atoms with E-state index in [2.05, 4.69) is 15.5 Å². The zero-order chi connectivity index (χ0) is 17.8. The molecule has 25 heavy (non-hydrogen) atoms. The molecule has 0 unspecified atom stereocenters. The molecule has 1 saturated carbocycles. The van der Waals surface area contributed by atoms with Gasteiger partial charge in [0.15, 0.2) is 12.3 Å². The molecule has 8 heteroatoms. The fourth-order valence-corrected chi connectivity index (χ4v) is 3.01. The van der Waals surface area contributed by atoms with E-state index in [1.807, 2.05) is 0 Å². The van der Waals surface area contributed by atoms with Crippen molar-refractivity contribution in [3.8, 4) is 5.69 Å². The summed E-state index contributed by atoms with van der Waals surface area (Å²) in [6.07, 6.45) is 4.20. The fraction of sp³-hybridized carbons (Fsp3) is 0.412. The van der Waals surface area contributed by atoms with Gasteiger partial charge in [0.05, 0.1) is 11.4 Å². The van der Waals surface area contributed by atoms with Crippen LogP contribution < -0.4 is 5.32 Å². The first-order chi connectivity index (χ1) is 12.0. The number of hydrogen-bond acceptors (Lipinski definition) is 5. The molecule has 3 rings (SSSR count). The van der Waals surface area contributed by atoms with Crippen molar-refractivity contribution < 1.29 is 14.3 Å². The molecule has 1 heterocycles. The average molecular weight is 363 g/mol. The van der Waals surface area contributed by atoms with Gasteiger partial charge in [-0.2, -0.15) is 9.90 Å². The Labute approximate surface area is 150 Å². The molecule has 0 saturated heterocycles. The predicted molar refractivity (Wildman–Crippen MR) is 91.8 cm³/mol. The predicted octanol–water partition coefficient (Wildman–Crippen LogP) is 2.44. The summed E-state index contributed by atoms with van der Waals surface area (Å²) in [4.78, 5) is 25.3. The minimum atomic E-state index is -0.674. The van der Waals surface area contributed by atoms with Gasteiger partial charge in [-0.05, 0) is 38.0 Å². The van der Waals surface area contributed by atoms with Crippen LogP contribution in [0.1, 0.15) is 41.9 Å². The molecular formula is C17H19ClN4O3. The minimum Gasteiger partial charge on any atom is -0.451 e. The van der Waals surface area contributed by atoms with Crippen molar-refractivity contribution in [3.05, 3.63) is 40.7 Å². The Kier molecular flexibility index (Phi) is 5.33. The third-order valence-corrected chi connectivity index (χ3v) is 4.30. The first kappa shape index (κ1) is 17.4. The highest BCUT2D eigenvalue weighted by Crippen LogP contribution is 2.17. The largest absolute Gasteiger partial charge is 0.451 e. The van der Waals surface area contributed by atoms with Crippen LogP contribution in [0.4, 0.5) is 0 Å². The number of carbonyl (C=O) groups is 2. The molecule has 0 radical (unpaired) electrons. The number of aromatic nitrogens is 3. The Morgan fingerprint density at radius 3 is 2.80 bits per heavy atom. The number of hydrogen-bond donors (Lipinski definition) is 1. The SMILES string of the molecule is Cc1nn(-c2cccc(Cl)c2)nc1C(=O)OCC(=O)NC1CCCC1. The number of benzene rings is 1. The van der Waals surface area contributed by atoms with E-state index in [4.69, 9.17) is 16.3 Å². The molecule has 1 aromatic carbocycles. The van der Waals surface area contributed by atoms with E-state index in [0.29, 0.717) is 16.4 Å². The molecule has 0 spiro atoms. The summed E-state index contributed by atoms with van der Waals surface area (Å²) < 4.78 is 5.06. The van der Waals surface area contributed by atoms with Crippen molar-refractivity contribution in [1.29, 1.82) is 0 Å². The Balaban J connectivity index is 1.61. The highest BCUT2D eigenvalue weighted by Gasteiger charge is 2.21. The maximum Gasteiger partial charge on any atom is 0.361 e. The van der Waals surface area contributed by atoms with Crippen molar-refractivity contribution in [2.24, 2.45) is 0 Å². The van der Waals surface area contributed by atoms with E-state index < -0.39 is 5.97 Å². The molecule has 1 N–H and O–H groups in total. The molecule has 0 atom stereocenters. The van der Waals surface area contributed by atoms with Gasteiger partial charge in [0, 0.05) is 11.1 Å². The summed E-state index contributed by atoms with van der Waals surface area (Å²) in [7, 11) is 0. The van der Waals surface area contributed by atoms with E-state index >= 15 is 0 Å². The highest BCUT2D eigenvalue weighted by atomic mass is 35.5. The Hall–Kier alpha value is -2.41. The lowest BCUT2D eigenvalue weighted by molar-refractivity contribution is -0.124. The summed E-state index contributed by atoms with van der Waals surface area (Å²) in [6, 6.07) is 7.15. The van der Waals surface area contributed by atoms with Gasteiger partial charge in [-0.1, -0.05) is 30.5 Å². The zero-order valence-corrected chi connectivity index (χ0v) is 14.6. The standard InChI is InChI=1S/C17H19ClN4O3/c1-11-16(21-22(20-11)14-8-4-5-12(18)9-14)17(24)25-10-15(23)19-13-6-2-3-7-13/h4-5,8-9,13H,2-3,6-7,10H2,1H3,(H,19,23). The van der Waals surface area contributed by atoms with Gasteiger partial charge in [-0.15, -0.1) is 5.10 Å². The van der Waals surface area contributed by atoms with Crippen molar-refractivity contribution in [1.82, 2.24) is 20.3 Å². The molecular weight excluding hydrogens is 344 g/mol. The van der Waals surface area contributed by atoms with Crippen LogP contribution in [-0.4, -0.2) is 39.5 Å². The Morgan fingerprint density at radius 2 is 2.08 bits per heavy atom. The number of carbonyl (C=O) groups excluding carboxylic acids is 2. The van der Waals surface area contributed by atoms with Gasteiger partial charge < -0.3 is 10.1 Å². The average Bonchev–Trinajstić information content (AvgIpc) is 3.22. The van der Waals surface area contributed by atoms with Crippen LogP contribution in [0.5, 0.6) is 0 Å². The van der Waals surface area contributed by atoms with E-state index in [-0.39, 0.29) is 24.2 Å². The highest BCUT2D eigenvalue weighted by molar-refractivity contribution is 6.30. The van der Waals surface area contributed by atoms with Gasteiger partial charge in [0.2, 0.25) is 0 Å². The normalized spacial score (nSPS) is 14.5. The molecule has 7 nitrogen and oxygen atoms in total. The third-order valence-electron chi connectivity index (χ3n) is 4.07. The Bertz CT molecular complexity index is 784. The van der Waals surface area contributed by atoms with E-state index in [0.717, 1.165) is 25.7 Å². The summed E-state index contributed by atoms with van der Waals surface area (Å²) in [5.74, 6) is -0.965. The van der Waals surface area contributed by atoms with E-state index in [1.165, 1.54) is 4.80 Å². The van der Waals surface area contributed by atoms with Crippen LogP contribution in [-0.2, 0) is 9.53 Å². The second-order valence-corrected chi connectivity index (χ2v) is 6.46. The third kappa shape index (κ3) is 4.36. The summed E-state index contributed by atoms with van der Waals surface area (Å²) in [5, 5.41) is 11.7. The Morgan fingerprint density at radius 1 is 1.32 bits per heavy atom. The molecule has 0 aliphatic heterocycles. The molecule has 1 fully saturated rings. The summed E-state index contributed by atoms with van der Waals surface area (Å²) in [6.45, 7) is 1.34. The second-order valence-electron chi connectivity index (χ2n) is 6.03. The number of nitrogens with zero attached hydrogens (tertiary/aromatic N) is 3. The van der Waals surface area contributed by atoms with Gasteiger partial charge in [-0.25, -0.2) is 4.79 Å². The van der Waals surface area contributed by atoms with Gasteiger partial charge >= 0.3 is 5.97 Å². The molecule has 1 aliphatic rings. The van der Waals surface area contributed by atoms with Crippen LogP contribution in [0.25, 0.3) is 5.69 Å². The smallest absolute Gasteiger partial charge is 0.361 e. The lowest BCUT2D eigenvalue weighted by Gasteiger charge is -2.11. The lowest BCUT2D eigenvalue weighted by Crippen LogP contribution is -2.36. The van der Waals surface area contributed by atoms with Crippen molar-refractivity contribution in [2.75, 3.05) is 6.61 Å². The maximum absolute atomic E-state index is 12.2. The first-order valence-corrected chi connectivity index (χ1v) is 8.57. The van der Waals surface area contributed by atoms with Crippen LogP contribution in [0.3, 0.4) is 0 Å². The number of halogens is 1. The zero-order valence-electron chi connectivity index (χ0n) is 13.9. The number of amides is 1. The molecule has 1 amide bonds. The summed E-state index contributed by atoms with van der Waals surface area (Å²) >= 11 is 5.95.